The normalized spacial score (nSPS) is 24.7. The van der Waals surface area contributed by atoms with Crippen LogP contribution in [0.1, 0.15) is 65.7 Å². The molecule has 1 fully saturated rings. The maximum absolute atomic E-state index is 3.61. The van der Waals surface area contributed by atoms with Gasteiger partial charge >= 0.3 is 0 Å². The lowest BCUT2D eigenvalue weighted by atomic mass is 9.80. The van der Waals surface area contributed by atoms with Crippen LogP contribution in [0.3, 0.4) is 0 Å². The summed E-state index contributed by atoms with van der Waals surface area (Å²) in [6.07, 6.45) is 10.2. The van der Waals surface area contributed by atoms with Gasteiger partial charge < -0.3 is 10.6 Å². The maximum atomic E-state index is 3.61. The van der Waals surface area contributed by atoms with Gasteiger partial charge in [0.25, 0.3) is 0 Å². The van der Waals surface area contributed by atoms with Crippen LogP contribution in [0.5, 0.6) is 0 Å². The zero-order valence-corrected chi connectivity index (χ0v) is 12.8. The summed E-state index contributed by atoms with van der Waals surface area (Å²) in [5.41, 5.74) is 0. The molecule has 0 unspecified atom stereocenters. The van der Waals surface area contributed by atoms with Crippen molar-refractivity contribution in [1.29, 1.82) is 0 Å². The first-order chi connectivity index (χ1) is 8.72. The smallest absolute Gasteiger partial charge is 0.00790 e. The largest absolute Gasteiger partial charge is 0.315 e. The molecule has 0 aromatic rings. The Bertz CT molecular complexity index is 184. The molecule has 1 aliphatic rings. The van der Waals surface area contributed by atoms with Crippen LogP contribution >= 0.6 is 0 Å². The van der Waals surface area contributed by atoms with Crippen LogP contribution in [0.15, 0.2) is 0 Å². The summed E-state index contributed by atoms with van der Waals surface area (Å²) in [6, 6.07) is 0.612. The van der Waals surface area contributed by atoms with Crippen LogP contribution in [0.2, 0.25) is 0 Å². The topological polar surface area (TPSA) is 24.1 Å². The molecule has 2 N–H and O–H groups in total. The van der Waals surface area contributed by atoms with Crippen molar-refractivity contribution in [3.63, 3.8) is 0 Å². The lowest BCUT2D eigenvalue weighted by molar-refractivity contribution is 0.254. The SMILES string of the molecule is CCCCC1CCC(CNCCNC(C)C)CC1. The molecule has 0 aromatic carbocycles. The molecule has 0 heterocycles. The summed E-state index contributed by atoms with van der Waals surface area (Å²) in [5, 5.41) is 7.06. The molecule has 1 rings (SSSR count). The second kappa shape index (κ2) is 9.80. The monoisotopic (exact) mass is 254 g/mol. The second-order valence-electron chi connectivity index (χ2n) is 6.34. The molecular formula is C16H34N2. The summed E-state index contributed by atoms with van der Waals surface area (Å²) >= 11 is 0. The van der Waals surface area contributed by atoms with Gasteiger partial charge in [0, 0.05) is 19.1 Å². The molecule has 1 aliphatic carbocycles. The third-order valence-corrected chi connectivity index (χ3v) is 4.22. The average molecular weight is 254 g/mol. The first kappa shape index (κ1) is 16.0. The summed E-state index contributed by atoms with van der Waals surface area (Å²) < 4.78 is 0. The molecule has 18 heavy (non-hydrogen) atoms. The Balaban J connectivity index is 1.95. The number of rotatable bonds is 9. The van der Waals surface area contributed by atoms with Crippen molar-refractivity contribution in [2.45, 2.75) is 71.8 Å². The fraction of sp³-hybridized carbons (Fsp3) is 1.00. The second-order valence-corrected chi connectivity index (χ2v) is 6.34. The highest BCUT2D eigenvalue weighted by molar-refractivity contribution is 4.74. The molecule has 0 aromatic heterocycles. The van der Waals surface area contributed by atoms with E-state index in [2.05, 4.69) is 31.4 Å². The third kappa shape index (κ3) is 7.38. The Morgan fingerprint density at radius 3 is 2.28 bits per heavy atom. The van der Waals surface area contributed by atoms with E-state index in [0.29, 0.717) is 6.04 Å². The molecule has 2 heteroatoms. The van der Waals surface area contributed by atoms with Crippen LogP contribution < -0.4 is 10.6 Å². The van der Waals surface area contributed by atoms with Crippen LogP contribution in [-0.4, -0.2) is 25.7 Å². The van der Waals surface area contributed by atoms with Gasteiger partial charge in [0.1, 0.15) is 0 Å². The number of nitrogens with one attached hydrogen (secondary N) is 2. The van der Waals surface area contributed by atoms with Crippen molar-refractivity contribution in [3.8, 4) is 0 Å². The Hall–Kier alpha value is -0.0800. The highest BCUT2D eigenvalue weighted by atomic mass is 15.0. The van der Waals surface area contributed by atoms with Gasteiger partial charge in [-0.25, -0.2) is 0 Å². The molecular weight excluding hydrogens is 220 g/mol. The van der Waals surface area contributed by atoms with E-state index < -0.39 is 0 Å². The van der Waals surface area contributed by atoms with E-state index in [1.54, 1.807) is 0 Å². The zero-order valence-electron chi connectivity index (χ0n) is 12.8. The predicted molar refractivity (Wildman–Crippen MR) is 81.0 cm³/mol. The zero-order chi connectivity index (χ0) is 13.2. The van der Waals surface area contributed by atoms with Crippen molar-refractivity contribution < 1.29 is 0 Å². The highest BCUT2D eigenvalue weighted by Crippen LogP contribution is 2.31. The number of unbranched alkanes of at least 4 members (excludes halogenated alkanes) is 1. The van der Waals surface area contributed by atoms with Gasteiger partial charge in [-0.3, -0.25) is 0 Å². The van der Waals surface area contributed by atoms with E-state index in [1.807, 2.05) is 0 Å². The van der Waals surface area contributed by atoms with Crippen LogP contribution in [0.25, 0.3) is 0 Å². The molecule has 108 valence electrons. The first-order valence-electron chi connectivity index (χ1n) is 8.16. The Kier molecular flexibility index (Phi) is 8.70. The molecule has 0 aliphatic heterocycles. The Morgan fingerprint density at radius 1 is 1.00 bits per heavy atom. The lowest BCUT2D eigenvalue weighted by Crippen LogP contribution is -2.34. The van der Waals surface area contributed by atoms with Gasteiger partial charge in [-0.15, -0.1) is 0 Å². The molecule has 0 atom stereocenters. The van der Waals surface area contributed by atoms with Crippen molar-refractivity contribution in [2.75, 3.05) is 19.6 Å². The van der Waals surface area contributed by atoms with Crippen molar-refractivity contribution in [3.05, 3.63) is 0 Å². The predicted octanol–water partition coefficient (Wildman–Crippen LogP) is 3.57. The quantitative estimate of drug-likeness (QED) is 0.615. The van der Waals surface area contributed by atoms with Gasteiger partial charge in [-0.2, -0.15) is 0 Å². The summed E-state index contributed by atoms with van der Waals surface area (Å²) in [6.45, 7) is 10.2. The minimum absolute atomic E-state index is 0.612. The lowest BCUT2D eigenvalue weighted by Gasteiger charge is -2.28. The van der Waals surface area contributed by atoms with Gasteiger partial charge in [0.05, 0.1) is 0 Å². The highest BCUT2D eigenvalue weighted by Gasteiger charge is 2.20. The van der Waals surface area contributed by atoms with E-state index in [0.717, 1.165) is 24.9 Å². The third-order valence-electron chi connectivity index (χ3n) is 4.22. The fourth-order valence-corrected chi connectivity index (χ4v) is 2.97. The standard InChI is InChI=1S/C16H34N2/c1-4-5-6-15-7-9-16(10-8-15)13-17-11-12-18-14(2)3/h14-18H,4-13H2,1-3H3. The first-order valence-corrected chi connectivity index (χ1v) is 8.16. The van der Waals surface area contributed by atoms with Crippen molar-refractivity contribution in [2.24, 2.45) is 11.8 Å². The van der Waals surface area contributed by atoms with Gasteiger partial charge in [0.15, 0.2) is 0 Å². The molecule has 0 saturated heterocycles. The van der Waals surface area contributed by atoms with E-state index in [9.17, 15) is 0 Å². The van der Waals surface area contributed by atoms with E-state index in [-0.39, 0.29) is 0 Å². The number of hydrogen-bond acceptors (Lipinski definition) is 2. The van der Waals surface area contributed by atoms with E-state index in [4.69, 9.17) is 0 Å². The van der Waals surface area contributed by atoms with Crippen molar-refractivity contribution >= 4 is 0 Å². The molecule has 0 bridgehead atoms. The van der Waals surface area contributed by atoms with Crippen LogP contribution in [-0.2, 0) is 0 Å². The van der Waals surface area contributed by atoms with Crippen molar-refractivity contribution in [1.82, 2.24) is 10.6 Å². The molecule has 0 radical (unpaired) electrons. The summed E-state index contributed by atoms with van der Waals surface area (Å²) in [5.74, 6) is 1.99. The Labute approximate surface area is 114 Å². The minimum atomic E-state index is 0.612. The van der Waals surface area contributed by atoms with E-state index >= 15 is 0 Å². The summed E-state index contributed by atoms with van der Waals surface area (Å²) in [7, 11) is 0. The van der Waals surface area contributed by atoms with Gasteiger partial charge in [0.2, 0.25) is 0 Å². The number of hydrogen-bond donors (Lipinski definition) is 2. The van der Waals surface area contributed by atoms with Crippen LogP contribution in [0.4, 0.5) is 0 Å². The average Bonchev–Trinajstić information content (AvgIpc) is 2.37. The summed E-state index contributed by atoms with van der Waals surface area (Å²) in [4.78, 5) is 0. The maximum Gasteiger partial charge on any atom is 0.00790 e. The molecule has 0 amide bonds. The minimum Gasteiger partial charge on any atom is -0.315 e. The van der Waals surface area contributed by atoms with E-state index in [1.165, 1.54) is 51.5 Å². The Morgan fingerprint density at radius 2 is 1.67 bits per heavy atom. The van der Waals surface area contributed by atoms with Gasteiger partial charge in [-0.1, -0.05) is 52.9 Å². The van der Waals surface area contributed by atoms with Gasteiger partial charge in [-0.05, 0) is 31.2 Å². The fourth-order valence-electron chi connectivity index (χ4n) is 2.97. The molecule has 2 nitrogen and oxygen atoms in total. The molecule has 1 saturated carbocycles. The molecule has 0 spiro atoms. The van der Waals surface area contributed by atoms with Crippen LogP contribution in [0, 0.1) is 11.8 Å².